The average molecular weight is 440 g/mol. The highest BCUT2D eigenvalue weighted by Crippen LogP contribution is 2.39. The average Bonchev–Trinajstić information content (AvgIpc) is 2.72. The Hall–Kier alpha value is -2.93. The zero-order chi connectivity index (χ0) is 22.6. The summed E-state index contributed by atoms with van der Waals surface area (Å²) in [6, 6.07) is 11.7. The van der Waals surface area contributed by atoms with Crippen LogP contribution in [0.3, 0.4) is 0 Å². The highest BCUT2D eigenvalue weighted by Gasteiger charge is 2.28. The van der Waals surface area contributed by atoms with Crippen LogP contribution in [0.5, 0.6) is 5.75 Å². The molecule has 0 unspecified atom stereocenters. The number of urea groups is 1. The minimum absolute atomic E-state index is 0.197. The van der Waals surface area contributed by atoms with Gasteiger partial charge in [0.05, 0.1) is 7.11 Å². The Kier molecular flexibility index (Phi) is 6.95. The first-order chi connectivity index (χ1) is 14.7. The van der Waals surface area contributed by atoms with Crippen LogP contribution in [0.1, 0.15) is 43.9 Å². The molecule has 7 heteroatoms. The lowest BCUT2D eigenvalue weighted by Crippen LogP contribution is -2.49. The second-order valence-corrected chi connectivity index (χ2v) is 8.99. The Morgan fingerprint density at radius 1 is 1.13 bits per heavy atom. The number of rotatable bonds is 6. The lowest BCUT2D eigenvalue weighted by atomic mass is 9.84. The predicted octanol–water partition coefficient (Wildman–Crippen LogP) is 5.30. The molecule has 0 radical (unpaired) electrons. The summed E-state index contributed by atoms with van der Waals surface area (Å²) in [6.45, 7) is 6.69. The quantitative estimate of drug-likeness (QED) is 0.472. The molecule has 3 amide bonds. The van der Waals surface area contributed by atoms with E-state index in [2.05, 4.69) is 30.8 Å². The highest BCUT2D eigenvalue weighted by molar-refractivity contribution is 7.99. The van der Waals surface area contributed by atoms with Gasteiger partial charge in [-0.2, -0.15) is 0 Å². The first-order valence-electron chi connectivity index (χ1n) is 10.1. The Labute approximate surface area is 188 Å². The van der Waals surface area contributed by atoms with Gasteiger partial charge in [-0.1, -0.05) is 57.0 Å². The second kappa shape index (κ2) is 9.47. The zero-order valence-electron chi connectivity index (χ0n) is 18.6. The number of hydrogen-bond acceptors (Lipinski definition) is 5. The standard InChI is InChI=1S/C24H29N3O3S/c1-24(2,3)20-15-19(27-13-12-21(28)25-23(27)29)14-17(22(20)30-4)9-6-16-7-10-18(11-8-16)26-31-5/h6-11,14-15,26H,12-13H2,1-5H3,(H,25,28,29)/b9-6+. The minimum atomic E-state index is -0.395. The molecule has 1 aliphatic rings. The summed E-state index contributed by atoms with van der Waals surface area (Å²) in [6.07, 6.45) is 6.29. The number of methoxy groups -OCH3 is 1. The van der Waals surface area contributed by atoms with Crippen LogP contribution in [-0.4, -0.2) is 31.8 Å². The molecule has 0 aromatic heterocycles. The van der Waals surface area contributed by atoms with Crippen molar-refractivity contribution >= 4 is 47.4 Å². The van der Waals surface area contributed by atoms with E-state index in [-0.39, 0.29) is 17.7 Å². The number of carbonyl (C=O) groups is 2. The molecule has 1 heterocycles. The molecule has 2 aromatic carbocycles. The topological polar surface area (TPSA) is 70.7 Å². The molecule has 31 heavy (non-hydrogen) atoms. The summed E-state index contributed by atoms with van der Waals surface area (Å²) >= 11 is 1.55. The van der Waals surface area contributed by atoms with Crippen molar-refractivity contribution in [1.29, 1.82) is 0 Å². The smallest absolute Gasteiger partial charge is 0.328 e. The van der Waals surface area contributed by atoms with Crippen LogP contribution in [0.2, 0.25) is 0 Å². The van der Waals surface area contributed by atoms with Crippen molar-refractivity contribution in [3.05, 3.63) is 53.1 Å². The normalized spacial score (nSPS) is 14.7. The Bertz CT molecular complexity index is 994. The first kappa shape index (κ1) is 22.7. The Morgan fingerprint density at radius 2 is 1.84 bits per heavy atom. The van der Waals surface area contributed by atoms with Gasteiger partial charge in [0.25, 0.3) is 0 Å². The van der Waals surface area contributed by atoms with Crippen molar-refractivity contribution in [3.8, 4) is 5.75 Å². The van der Waals surface area contributed by atoms with Gasteiger partial charge in [0.1, 0.15) is 5.75 Å². The maximum absolute atomic E-state index is 12.4. The third-order valence-corrected chi connectivity index (χ3v) is 5.51. The maximum atomic E-state index is 12.4. The largest absolute Gasteiger partial charge is 0.496 e. The Balaban J connectivity index is 2.03. The maximum Gasteiger partial charge on any atom is 0.328 e. The molecule has 0 spiro atoms. The molecule has 6 nitrogen and oxygen atoms in total. The van der Waals surface area contributed by atoms with Crippen molar-refractivity contribution in [1.82, 2.24) is 5.32 Å². The van der Waals surface area contributed by atoms with E-state index in [0.29, 0.717) is 6.54 Å². The monoisotopic (exact) mass is 439 g/mol. The number of nitrogens with zero attached hydrogens (tertiary/aromatic N) is 1. The summed E-state index contributed by atoms with van der Waals surface area (Å²) in [7, 11) is 1.66. The molecule has 2 N–H and O–H groups in total. The zero-order valence-corrected chi connectivity index (χ0v) is 19.4. The van der Waals surface area contributed by atoms with E-state index in [1.54, 1.807) is 24.0 Å². The van der Waals surface area contributed by atoms with Crippen molar-refractivity contribution in [2.24, 2.45) is 0 Å². The van der Waals surface area contributed by atoms with Crippen LogP contribution in [-0.2, 0) is 10.2 Å². The molecule has 2 aromatic rings. The Morgan fingerprint density at radius 3 is 2.42 bits per heavy atom. The number of hydrogen-bond donors (Lipinski definition) is 2. The fourth-order valence-corrected chi connectivity index (χ4v) is 3.85. The van der Waals surface area contributed by atoms with E-state index in [4.69, 9.17) is 4.74 Å². The molecule has 0 saturated carbocycles. The minimum Gasteiger partial charge on any atom is -0.496 e. The van der Waals surface area contributed by atoms with Gasteiger partial charge in [-0.15, -0.1) is 0 Å². The SMILES string of the molecule is COc1c(/C=C/c2ccc(NSC)cc2)cc(N2CCC(=O)NC2=O)cc1C(C)(C)C. The summed E-state index contributed by atoms with van der Waals surface area (Å²) < 4.78 is 9.00. The van der Waals surface area contributed by atoms with Crippen molar-refractivity contribution in [3.63, 3.8) is 0 Å². The molecule has 1 fully saturated rings. The van der Waals surface area contributed by atoms with Gasteiger partial charge in [-0.25, -0.2) is 4.79 Å². The number of nitrogens with one attached hydrogen (secondary N) is 2. The molecule has 1 aliphatic heterocycles. The molecule has 0 bridgehead atoms. The molecule has 0 aliphatic carbocycles. The first-order valence-corrected chi connectivity index (χ1v) is 11.4. The lowest BCUT2D eigenvalue weighted by molar-refractivity contribution is -0.120. The van der Waals surface area contributed by atoms with Crippen LogP contribution in [0.4, 0.5) is 16.2 Å². The van der Waals surface area contributed by atoms with E-state index in [0.717, 1.165) is 33.8 Å². The molecular weight excluding hydrogens is 410 g/mol. The highest BCUT2D eigenvalue weighted by atomic mass is 32.2. The van der Waals surface area contributed by atoms with Crippen LogP contribution < -0.4 is 19.7 Å². The van der Waals surface area contributed by atoms with Gasteiger partial charge in [-0.05, 0) is 35.2 Å². The van der Waals surface area contributed by atoms with E-state index in [1.807, 2.05) is 54.8 Å². The third kappa shape index (κ3) is 5.41. The number of anilines is 2. The summed E-state index contributed by atoms with van der Waals surface area (Å²) in [4.78, 5) is 25.6. The van der Waals surface area contributed by atoms with E-state index >= 15 is 0 Å². The van der Waals surface area contributed by atoms with Gasteiger partial charge in [-0.3, -0.25) is 15.0 Å². The summed E-state index contributed by atoms with van der Waals surface area (Å²) in [5.74, 6) is 0.534. The van der Waals surface area contributed by atoms with Gasteiger partial charge >= 0.3 is 6.03 Å². The predicted molar refractivity (Wildman–Crippen MR) is 130 cm³/mol. The van der Waals surface area contributed by atoms with Crippen LogP contribution in [0.25, 0.3) is 12.2 Å². The molecule has 164 valence electrons. The van der Waals surface area contributed by atoms with Crippen molar-refractivity contribution in [2.75, 3.05) is 29.5 Å². The molecule has 3 rings (SSSR count). The van der Waals surface area contributed by atoms with Gasteiger partial charge < -0.3 is 9.46 Å². The summed E-state index contributed by atoms with van der Waals surface area (Å²) in [5.41, 5.74) is 4.52. The van der Waals surface area contributed by atoms with E-state index < -0.39 is 6.03 Å². The fourth-order valence-electron chi connectivity index (χ4n) is 3.48. The van der Waals surface area contributed by atoms with Gasteiger partial charge in [0, 0.05) is 41.7 Å². The van der Waals surface area contributed by atoms with E-state index in [9.17, 15) is 9.59 Å². The molecular formula is C24H29N3O3S. The lowest BCUT2D eigenvalue weighted by Gasteiger charge is -2.30. The van der Waals surface area contributed by atoms with Crippen LogP contribution in [0.15, 0.2) is 36.4 Å². The summed E-state index contributed by atoms with van der Waals surface area (Å²) in [5, 5.41) is 2.40. The second-order valence-electron chi connectivity index (χ2n) is 8.38. The van der Waals surface area contributed by atoms with Crippen LogP contribution >= 0.6 is 11.9 Å². The van der Waals surface area contributed by atoms with Crippen molar-refractivity contribution in [2.45, 2.75) is 32.6 Å². The number of imide groups is 1. The number of carbonyl (C=O) groups excluding carboxylic acids is 2. The number of ether oxygens (including phenoxy) is 1. The number of benzene rings is 2. The molecule has 1 saturated heterocycles. The van der Waals surface area contributed by atoms with Gasteiger partial charge in [0.15, 0.2) is 0 Å². The van der Waals surface area contributed by atoms with Crippen molar-refractivity contribution < 1.29 is 14.3 Å². The fraction of sp³-hybridized carbons (Fsp3) is 0.333. The van der Waals surface area contributed by atoms with Crippen LogP contribution in [0, 0.1) is 0 Å². The van der Waals surface area contributed by atoms with Gasteiger partial charge in [0.2, 0.25) is 5.91 Å². The number of amides is 3. The molecule has 0 atom stereocenters. The van der Waals surface area contributed by atoms with E-state index in [1.165, 1.54) is 0 Å². The third-order valence-electron chi connectivity index (χ3n) is 5.07.